The van der Waals surface area contributed by atoms with Gasteiger partial charge in [0.2, 0.25) is 35.4 Å². The van der Waals surface area contributed by atoms with Crippen LogP contribution in [0.5, 0.6) is 0 Å². The number of hydrogen-bond acceptors (Lipinski definition) is 15. The lowest BCUT2D eigenvalue weighted by Gasteiger charge is -2.40. The Morgan fingerprint density at radius 2 is 1.47 bits per heavy atom. The minimum absolute atomic E-state index is 0.0378. The van der Waals surface area contributed by atoms with Crippen molar-refractivity contribution in [2.75, 3.05) is 68.3 Å². The van der Waals surface area contributed by atoms with Crippen molar-refractivity contribution in [3.05, 3.63) is 35.9 Å². The molecule has 0 spiro atoms. The van der Waals surface area contributed by atoms with E-state index in [0.29, 0.717) is 25.8 Å². The lowest BCUT2D eigenvalue weighted by atomic mass is 9.84. The van der Waals surface area contributed by atoms with E-state index >= 15 is 0 Å². The average Bonchev–Trinajstić information content (AvgIpc) is 3.89. The third-order valence-corrected chi connectivity index (χ3v) is 14.6. The Morgan fingerprint density at radius 3 is 2.05 bits per heavy atom. The zero-order valence-electron chi connectivity index (χ0n) is 48.6. The van der Waals surface area contributed by atoms with Gasteiger partial charge in [-0.05, 0) is 83.4 Å². The second kappa shape index (κ2) is 35.3. The van der Waals surface area contributed by atoms with Gasteiger partial charge in [0.15, 0.2) is 6.29 Å². The van der Waals surface area contributed by atoms with Crippen LogP contribution < -0.4 is 21.3 Å². The Kier molecular flexibility index (Phi) is 31.1. The van der Waals surface area contributed by atoms with E-state index < -0.39 is 84.3 Å². The predicted molar refractivity (Wildman–Crippen MR) is 291 cm³/mol. The van der Waals surface area contributed by atoms with Crippen molar-refractivity contribution in [3.8, 4) is 0 Å². The molecule has 12 atom stereocenters. The predicted octanol–water partition coefficient (Wildman–Crippen LogP) is 3.37. The quantitative estimate of drug-likeness (QED) is 0.0367. The number of likely N-dealkylation sites (tertiary alicyclic amines) is 1. The molecule has 1 aromatic rings. The molecule has 5 N–H and O–H groups in total. The number of esters is 2. The lowest BCUT2D eigenvalue weighted by Crippen LogP contribution is -2.57. The van der Waals surface area contributed by atoms with Gasteiger partial charge in [0, 0.05) is 66.1 Å². The SMILES string of the molecule is CCC(CO)OC(COC(=O)CCCC(=O)N[C@@H](C)C(=O)OCCCNC(=O)[C@H](Cc1ccccc1)NC(=O)[C@H](C)[C@@H](OC)[C@@H]1CCCN1C(=O)C[C@@H](C)[C@H]([C@@H](C)CC)N(C)C(=O)[C@@H](NC(=O)[C@H](C)N(C)C)C(C)C)OC. The number of carbonyl (C=O) groups is 8. The van der Waals surface area contributed by atoms with Crippen molar-refractivity contribution >= 4 is 47.4 Å². The number of carbonyl (C=O) groups excluding carboxylic acids is 8. The fourth-order valence-electron chi connectivity index (χ4n) is 9.47. The first-order valence-corrected chi connectivity index (χ1v) is 27.5. The van der Waals surface area contributed by atoms with Crippen LogP contribution in [0, 0.1) is 23.7 Å². The first kappa shape index (κ1) is 67.9. The van der Waals surface area contributed by atoms with Gasteiger partial charge in [0.05, 0.1) is 43.4 Å². The Hall–Kier alpha value is -5.22. The molecule has 6 amide bonds. The second-order valence-electron chi connectivity index (χ2n) is 21.1. The number of benzene rings is 1. The molecule has 0 aromatic heterocycles. The first-order chi connectivity index (χ1) is 36.5. The molecule has 77 heavy (non-hydrogen) atoms. The van der Waals surface area contributed by atoms with Crippen molar-refractivity contribution in [3.63, 3.8) is 0 Å². The molecular formula is C56H95N7O14. The van der Waals surface area contributed by atoms with E-state index in [9.17, 15) is 43.5 Å². The van der Waals surface area contributed by atoms with E-state index in [0.717, 1.165) is 12.0 Å². The Balaban J connectivity index is 2.02. The van der Waals surface area contributed by atoms with Gasteiger partial charge < -0.3 is 59.9 Å². The molecule has 1 fully saturated rings. The number of aliphatic hydroxyl groups is 1. The summed E-state index contributed by atoms with van der Waals surface area (Å²) in [6.45, 7) is 16.9. The van der Waals surface area contributed by atoms with Crippen molar-refractivity contribution in [2.24, 2.45) is 23.7 Å². The summed E-state index contributed by atoms with van der Waals surface area (Å²) >= 11 is 0. The summed E-state index contributed by atoms with van der Waals surface area (Å²) in [5, 5.41) is 20.6. The number of hydrogen-bond donors (Lipinski definition) is 5. The fourth-order valence-corrected chi connectivity index (χ4v) is 9.47. The molecule has 1 aliphatic rings. The molecule has 0 radical (unpaired) electrons. The number of rotatable bonds is 36. The summed E-state index contributed by atoms with van der Waals surface area (Å²) in [5.41, 5.74) is 0.813. The van der Waals surface area contributed by atoms with Crippen molar-refractivity contribution in [1.82, 2.24) is 36.0 Å². The molecule has 1 heterocycles. The zero-order chi connectivity index (χ0) is 57.9. The number of methoxy groups -OCH3 is 2. The van der Waals surface area contributed by atoms with E-state index in [1.165, 1.54) is 21.1 Å². The number of ether oxygens (including phenoxy) is 5. The van der Waals surface area contributed by atoms with Crippen molar-refractivity contribution in [2.45, 2.75) is 181 Å². The molecule has 0 aliphatic carbocycles. The molecular weight excluding hydrogens is 995 g/mol. The molecule has 21 heteroatoms. The van der Waals surface area contributed by atoms with Crippen LogP contribution in [0.15, 0.2) is 30.3 Å². The molecule has 0 saturated carbocycles. The maximum absolute atomic E-state index is 14.4. The average molecular weight is 1090 g/mol. The van der Waals surface area contributed by atoms with Gasteiger partial charge in [-0.15, -0.1) is 0 Å². The highest BCUT2D eigenvalue weighted by molar-refractivity contribution is 5.90. The summed E-state index contributed by atoms with van der Waals surface area (Å²) in [4.78, 5) is 112. The van der Waals surface area contributed by atoms with E-state index in [-0.39, 0.29) is 106 Å². The third-order valence-electron chi connectivity index (χ3n) is 14.6. The van der Waals surface area contributed by atoms with Gasteiger partial charge in [0.1, 0.15) is 24.7 Å². The van der Waals surface area contributed by atoms with Gasteiger partial charge in [-0.25, -0.2) is 4.79 Å². The smallest absolute Gasteiger partial charge is 0.328 e. The summed E-state index contributed by atoms with van der Waals surface area (Å²) in [7, 11) is 8.27. The van der Waals surface area contributed by atoms with Gasteiger partial charge in [-0.3, -0.25) is 38.5 Å². The number of amides is 6. The van der Waals surface area contributed by atoms with Crippen LogP contribution in [0.1, 0.15) is 126 Å². The van der Waals surface area contributed by atoms with Crippen LogP contribution in [-0.4, -0.2) is 190 Å². The first-order valence-electron chi connectivity index (χ1n) is 27.5. The van der Waals surface area contributed by atoms with Crippen LogP contribution in [0.3, 0.4) is 0 Å². The molecule has 438 valence electrons. The van der Waals surface area contributed by atoms with Crippen LogP contribution in [0.4, 0.5) is 0 Å². The highest BCUT2D eigenvalue weighted by Gasteiger charge is 2.42. The molecule has 0 bridgehead atoms. The molecule has 1 aromatic carbocycles. The highest BCUT2D eigenvalue weighted by atomic mass is 16.7. The standard InChI is InChI=1S/C56H95N7O14/c1-15-36(5)50(62(12)55(71)49(35(3)4)60-53(69)40(9)61(10)11)37(6)31-46(66)63-29-21-25-44(63)51(74-14)38(7)52(68)59-43(32-41-23-18-17-19-24-41)54(70)57-28-22-30-75-56(72)39(8)58-45(65)26-20-27-47(67)76-34-48(73-13)77-42(16-2)33-64/h17-19,23-24,35-40,42-44,48-51,64H,15-16,20-22,25-34H2,1-14H3,(H,57,70)(H,58,65)(H,59,68)(H,60,69)/t36-,37+,38+,39-,40-,42?,43-,44-,48?,49-,50-,51+/m0/s1. The minimum Gasteiger partial charge on any atom is -0.464 e. The monoisotopic (exact) mass is 1090 g/mol. The Labute approximate surface area is 458 Å². The van der Waals surface area contributed by atoms with Gasteiger partial charge in [0.25, 0.3) is 0 Å². The Bertz CT molecular complexity index is 1990. The number of likely N-dealkylation sites (N-methyl/N-ethyl adjacent to an activating group) is 2. The molecule has 1 aliphatic heterocycles. The van der Waals surface area contributed by atoms with Crippen LogP contribution in [-0.2, 0) is 68.5 Å². The maximum atomic E-state index is 14.4. The van der Waals surface area contributed by atoms with Gasteiger partial charge in [-0.1, -0.05) is 85.2 Å². The van der Waals surface area contributed by atoms with E-state index in [4.69, 9.17) is 23.7 Å². The largest absolute Gasteiger partial charge is 0.464 e. The third kappa shape index (κ3) is 22.6. The van der Waals surface area contributed by atoms with E-state index in [1.807, 2.05) is 72.1 Å². The van der Waals surface area contributed by atoms with Crippen LogP contribution in [0.25, 0.3) is 0 Å². The molecule has 2 unspecified atom stereocenters. The summed E-state index contributed by atoms with van der Waals surface area (Å²) in [5.74, 6) is -4.31. The van der Waals surface area contributed by atoms with Crippen LogP contribution in [0.2, 0.25) is 0 Å². The number of nitrogens with one attached hydrogen (secondary N) is 4. The molecule has 2 rings (SSSR count). The molecule has 21 nitrogen and oxygen atoms in total. The maximum Gasteiger partial charge on any atom is 0.328 e. The summed E-state index contributed by atoms with van der Waals surface area (Å²) < 4.78 is 27.2. The molecule has 1 saturated heterocycles. The highest BCUT2D eigenvalue weighted by Crippen LogP contribution is 2.31. The minimum atomic E-state index is -0.981. The fraction of sp³-hybridized carbons (Fsp3) is 0.750. The van der Waals surface area contributed by atoms with Crippen molar-refractivity contribution < 1.29 is 67.1 Å². The second-order valence-corrected chi connectivity index (χ2v) is 21.1. The zero-order valence-corrected chi connectivity index (χ0v) is 48.6. The normalized spacial score (nSPS) is 17.8. The number of aliphatic hydroxyl groups excluding tert-OH is 1. The van der Waals surface area contributed by atoms with Gasteiger partial charge in [-0.2, -0.15) is 0 Å². The topological polar surface area (TPSA) is 261 Å². The summed E-state index contributed by atoms with van der Waals surface area (Å²) in [6.07, 6.45) is 1.26. The van der Waals surface area contributed by atoms with E-state index in [2.05, 4.69) is 35.1 Å². The van der Waals surface area contributed by atoms with Crippen molar-refractivity contribution in [1.29, 1.82) is 0 Å². The lowest BCUT2D eigenvalue weighted by molar-refractivity contribution is -0.194. The van der Waals surface area contributed by atoms with Gasteiger partial charge >= 0.3 is 11.9 Å². The van der Waals surface area contributed by atoms with E-state index in [1.54, 1.807) is 35.6 Å². The van der Waals surface area contributed by atoms with Crippen LogP contribution >= 0.6 is 0 Å². The number of nitrogens with zero attached hydrogens (tertiary/aromatic N) is 3. The Morgan fingerprint density at radius 1 is 0.792 bits per heavy atom. The summed E-state index contributed by atoms with van der Waals surface area (Å²) in [6, 6.07) is 5.37.